The number of benzene rings is 10. The van der Waals surface area contributed by atoms with Crippen LogP contribution in [0.4, 0.5) is 0 Å². The highest BCUT2D eigenvalue weighted by Gasteiger charge is 2.20. The second-order valence-corrected chi connectivity index (χ2v) is 14.3. The molecule has 0 amide bonds. The minimum atomic E-state index is 0.640. The fraction of sp³-hybridized carbons (Fsp3) is 0. The van der Waals surface area contributed by atoms with Gasteiger partial charge in [0, 0.05) is 16.7 Å². The number of fused-ring (bicyclic) bond motifs is 9. The van der Waals surface area contributed by atoms with Crippen molar-refractivity contribution in [3.63, 3.8) is 0 Å². The minimum Gasteiger partial charge on any atom is -0.208 e. The number of aromatic nitrogens is 3. The van der Waals surface area contributed by atoms with Gasteiger partial charge in [-0.2, -0.15) is 0 Å². The van der Waals surface area contributed by atoms with Crippen molar-refractivity contribution in [3.05, 3.63) is 200 Å². The lowest BCUT2D eigenvalue weighted by atomic mass is 9.83. The molecule has 0 aliphatic carbocycles. The predicted octanol–water partition coefficient (Wildman–Crippen LogP) is 14.0. The van der Waals surface area contributed by atoms with E-state index in [-0.39, 0.29) is 0 Å². The minimum absolute atomic E-state index is 0.640. The molecule has 260 valence electrons. The first kappa shape index (κ1) is 32.0. The molecular weight excluding hydrogens is 679 g/mol. The lowest BCUT2D eigenvalue weighted by Gasteiger charge is -2.20. The highest BCUT2D eigenvalue weighted by Crippen LogP contribution is 2.46. The quantitative estimate of drug-likeness (QED) is 0.167. The molecule has 0 saturated heterocycles. The molecule has 0 bridgehead atoms. The zero-order valence-corrected chi connectivity index (χ0v) is 30.4. The number of rotatable bonds is 5. The normalized spacial score (nSPS) is 11.6. The van der Waals surface area contributed by atoms with Crippen molar-refractivity contribution in [2.24, 2.45) is 0 Å². The van der Waals surface area contributed by atoms with Crippen LogP contribution in [0.2, 0.25) is 0 Å². The molecule has 1 aromatic heterocycles. The standard InChI is InChI=1S/C53H33N3/c1-3-15-35(16-4-1)51-54-52(36-17-5-2-6-18-36)56-53(55-51)37-29-27-34(28-30-37)49-46-25-13-11-22-42(46)43-23-12-14-26-47(43)50(49)38-31-32-45-41-21-8-7-19-39(41)40-20-9-10-24-44(40)48(45)33-38/h1-33H. The maximum absolute atomic E-state index is 5.01. The van der Waals surface area contributed by atoms with Crippen LogP contribution >= 0.6 is 0 Å². The Balaban J connectivity index is 1.14. The second-order valence-electron chi connectivity index (χ2n) is 14.3. The van der Waals surface area contributed by atoms with Crippen LogP contribution in [0, 0.1) is 0 Å². The van der Waals surface area contributed by atoms with Crippen LogP contribution in [0.3, 0.4) is 0 Å². The average Bonchev–Trinajstić information content (AvgIpc) is 3.29. The third-order valence-electron chi connectivity index (χ3n) is 11.1. The topological polar surface area (TPSA) is 38.7 Å². The van der Waals surface area contributed by atoms with E-state index in [9.17, 15) is 0 Å². The van der Waals surface area contributed by atoms with Crippen LogP contribution < -0.4 is 0 Å². The fourth-order valence-corrected chi connectivity index (χ4v) is 8.53. The summed E-state index contributed by atoms with van der Waals surface area (Å²) in [5, 5.41) is 12.5. The Morgan fingerprint density at radius 3 is 0.929 bits per heavy atom. The summed E-state index contributed by atoms with van der Waals surface area (Å²) in [6.07, 6.45) is 0. The van der Waals surface area contributed by atoms with Gasteiger partial charge in [-0.15, -0.1) is 0 Å². The van der Waals surface area contributed by atoms with Crippen molar-refractivity contribution in [2.45, 2.75) is 0 Å². The highest BCUT2D eigenvalue weighted by atomic mass is 15.0. The molecule has 0 saturated carbocycles. The SMILES string of the molecule is c1ccc(-c2nc(-c3ccccc3)nc(-c3ccc(-c4c(-c5ccc6c7ccccc7c7ccccc7c6c5)c5ccccc5c5ccccc45)cc3)n2)cc1. The molecule has 10 aromatic carbocycles. The third-order valence-corrected chi connectivity index (χ3v) is 11.1. The van der Waals surface area contributed by atoms with Crippen LogP contribution in [0.15, 0.2) is 200 Å². The van der Waals surface area contributed by atoms with E-state index in [1.54, 1.807) is 0 Å². The summed E-state index contributed by atoms with van der Waals surface area (Å²) >= 11 is 0. The molecule has 3 nitrogen and oxygen atoms in total. The van der Waals surface area contributed by atoms with Crippen LogP contribution in [0.1, 0.15) is 0 Å². The van der Waals surface area contributed by atoms with Gasteiger partial charge in [-0.05, 0) is 82.2 Å². The van der Waals surface area contributed by atoms with Gasteiger partial charge in [0.25, 0.3) is 0 Å². The summed E-state index contributed by atoms with van der Waals surface area (Å²) in [6.45, 7) is 0. The summed E-state index contributed by atoms with van der Waals surface area (Å²) < 4.78 is 0. The Hall–Kier alpha value is -7.49. The Morgan fingerprint density at radius 2 is 0.482 bits per heavy atom. The molecule has 0 aliphatic rings. The first-order chi connectivity index (χ1) is 27.8. The molecular formula is C53H33N3. The summed E-state index contributed by atoms with van der Waals surface area (Å²) in [6, 6.07) is 71.3. The molecule has 0 spiro atoms. The van der Waals surface area contributed by atoms with Crippen LogP contribution in [0.5, 0.6) is 0 Å². The molecule has 56 heavy (non-hydrogen) atoms. The van der Waals surface area contributed by atoms with Crippen molar-refractivity contribution in [2.75, 3.05) is 0 Å². The van der Waals surface area contributed by atoms with E-state index in [0.29, 0.717) is 17.5 Å². The van der Waals surface area contributed by atoms with Crippen molar-refractivity contribution >= 4 is 53.9 Å². The van der Waals surface area contributed by atoms with Gasteiger partial charge in [0.1, 0.15) is 0 Å². The molecule has 11 rings (SSSR count). The van der Waals surface area contributed by atoms with E-state index >= 15 is 0 Å². The van der Waals surface area contributed by atoms with Crippen LogP contribution in [-0.4, -0.2) is 15.0 Å². The van der Waals surface area contributed by atoms with Gasteiger partial charge in [-0.3, -0.25) is 0 Å². The second kappa shape index (κ2) is 13.1. The number of hydrogen-bond acceptors (Lipinski definition) is 3. The Labute approximate surface area is 324 Å². The Kier molecular flexibility index (Phi) is 7.49. The van der Waals surface area contributed by atoms with E-state index in [0.717, 1.165) is 22.3 Å². The molecule has 0 atom stereocenters. The summed E-state index contributed by atoms with van der Waals surface area (Å²) in [5.41, 5.74) is 7.60. The number of nitrogens with zero attached hydrogens (tertiary/aromatic N) is 3. The maximum atomic E-state index is 5.01. The monoisotopic (exact) mass is 711 g/mol. The van der Waals surface area contributed by atoms with Crippen LogP contribution in [-0.2, 0) is 0 Å². The Morgan fingerprint density at radius 1 is 0.196 bits per heavy atom. The molecule has 3 heteroatoms. The van der Waals surface area contributed by atoms with Crippen molar-refractivity contribution < 1.29 is 0 Å². The van der Waals surface area contributed by atoms with Gasteiger partial charge in [-0.1, -0.05) is 194 Å². The largest absolute Gasteiger partial charge is 0.208 e. The van der Waals surface area contributed by atoms with E-state index in [1.165, 1.54) is 70.6 Å². The van der Waals surface area contributed by atoms with E-state index < -0.39 is 0 Å². The lowest BCUT2D eigenvalue weighted by Crippen LogP contribution is -2.00. The molecule has 0 unspecified atom stereocenters. The van der Waals surface area contributed by atoms with E-state index in [4.69, 9.17) is 15.0 Å². The van der Waals surface area contributed by atoms with Gasteiger partial charge in [0.2, 0.25) is 0 Å². The van der Waals surface area contributed by atoms with Crippen LogP contribution in [0.25, 0.3) is 110 Å². The molecule has 11 aromatic rings. The molecule has 0 radical (unpaired) electrons. The smallest absolute Gasteiger partial charge is 0.164 e. The van der Waals surface area contributed by atoms with Gasteiger partial charge in [0.15, 0.2) is 17.5 Å². The van der Waals surface area contributed by atoms with Crippen molar-refractivity contribution in [1.82, 2.24) is 15.0 Å². The van der Waals surface area contributed by atoms with E-state index in [1.807, 2.05) is 60.7 Å². The zero-order valence-electron chi connectivity index (χ0n) is 30.4. The first-order valence-corrected chi connectivity index (χ1v) is 19.0. The molecule has 0 aliphatic heterocycles. The zero-order chi connectivity index (χ0) is 37.0. The highest BCUT2D eigenvalue weighted by molar-refractivity contribution is 6.27. The maximum Gasteiger partial charge on any atom is 0.164 e. The van der Waals surface area contributed by atoms with Gasteiger partial charge in [-0.25, -0.2) is 15.0 Å². The third kappa shape index (κ3) is 5.25. The average molecular weight is 712 g/mol. The lowest BCUT2D eigenvalue weighted by molar-refractivity contribution is 1.07. The molecule has 0 N–H and O–H groups in total. The van der Waals surface area contributed by atoms with Crippen molar-refractivity contribution in [1.29, 1.82) is 0 Å². The summed E-state index contributed by atoms with van der Waals surface area (Å²) in [4.78, 5) is 14.9. The van der Waals surface area contributed by atoms with Gasteiger partial charge in [0.05, 0.1) is 0 Å². The molecule has 0 fully saturated rings. The van der Waals surface area contributed by atoms with Gasteiger partial charge >= 0.3 is 0 Å². The Bertz CT molecular complexity index is 3190. The summed E-state index contributed by atoms with van der Waals surface area (Å²) in [7, 11) is 0. The summed E-state index contributed by atoms with van der Waals surface area (Å²) in [5.74, 6) is 1.94. The predicted molar refractivity (Wildman–Crippen MR) is 235 cm³/mol. The van der Waals surface area contributed by atoms with Gasteiger partial charge < -0.3 is 0 Å². The van der Waals surface area contributed by atoms with Crippen molar-refractivity contribution in [3.8, 4) is 56.4 Å². The number of hydrogen-bond donors (Lipinski definition) is 0. The first-order valence-electron chi connectivity index (χ1n) is 19.0. The van der Waals surface area contributed by atoms with E-state index in [2.05, 4.69) is 140 Å². The fourth-order valence-electron chi connectivity index (χ4n) is 8.53. The molecule has 1 heterocycles.